The van der Waals surface area contributed by atoms with Crippen LogP contribution in [-0.2, 0) is 6.54 Å². The van der Waals surface area contributed by atoms with Crippen LogP contribution in [0.3, 0.4) is 0 Å². The number of hydrogen-bond donors (Lipinski definition) is 2. The van der Waals surface area contributed by atoms with Gasteiger partial charge in [0.1, 0.15) is 0 Å². The third-order valence-corrected chi connectivity index (χ3v) is 3.80. The molecule has 1 unspecified atom stereocenters. The molecule has 5 nitrogen and oxygen atoms in total. The van der Waals surface area contributed by atoms with Crippen molar-refractivity contribution in [1.29, 1.82) is 0 Å². The summed E-state index contributed by atoms with van der Waals surface area (Å²) in [6, 6.07) is 2.35. The molecule has 2 fully saturated rings. The Bertz CT molecular complexity index is 529. The van der Waals surface area contributed by atoms with Crippen molar-refractivity contribution in [3.63, 3.8) is 0 Å². The van der Waals surface area contributed by atoms with Crippen molar-refractivity contribution in [2.24, 2.45) is 0 Å². The van der Waals surface area contributed by atoms with Crippen molar-refractivity contribution in [1.82, 2.24) is 15.1 Å². The maximum absolute atomic E-state index is 13.3. The lowest BCUT2D eigenvalue weighted by Crippen LogP contribution is -2.51. The summed E-state index contributed by atoms with van der Waals surface area (Å²) >= 11 is 0. The number of fused-ring (bicyclic) bond motifs is 1. The Labute approximate surface area is 114 Å². The summed E-state index contributed by atoms with van der Waals surface area (Å²) in [6.45, 7) is 2.94. The molecule has 1 atom stereocenters. The standard InChI is InChI=1S/C13H15F2N3O2/c14-10-3-8(4-11(15)12(10)19)6-17-1-2-18-9(7-17)5-16-13(18)20/h3-4,9,19H,1-2,5-7H2,(H,16,20). The second-order valence-corrected chi connectivity index (χ2v) is 5.18. The van der Waals surface area contributed by atoms with Crippen molar-refractivity contribution in [2.45, 2.75) is 12.6 Å². The lowest BCUT2D eigenvalue weighted by atomic mass is 10.1. The summed E-state index contributed by atoms with van der Waals surface area (Å²) in [5.74, 6) is -2.84. The van der Waals surface area contributed by atoms with Crippen LogP contribution in [-0.4, -0.2) is 53.2 Å². The van der Waals surface area contributed by atoms with Crippen LogP contribution in [0, 0.1) is 11.6 Å². The van der Waals surface area contributed by atoms with E-state index in [0.29, 0.717) is 38.3 Å². The minimum atomic E-state index is -0.948. The van der Waals surface area contributed by atoms with Gasteiger partial charge in [0.25, 0.3) is 0 Å². The number of nitrogens with one attached hydrogen (secondary N) is 1. The molecular formula is C13H15F2N3O2. The molecule has 20 heavy (non-hydrogen) atoms. The van der Waals surface area contributed by atoms with Crippen molar-refractivity contribution >= 4 is 6.03 Å². The van der Waals surface area contributed by atoms with Gasteiger partial charge in [-0.25, -0.2) is 13.6 Å². The van der Waals surface area contributed by atoms with Gasteiger partial charge in [0.15, 0.2) is 17.4 Å². The Morgan fingerprint density at radius 1 is 1.30 bits per heavy atom. The fourth-order valence-corrected chi connectivity index (χ4v) is 2.78. The largest absolute Gasteiger partial charge is 0.503 e. The first-order chi connectivity index (χ1) is 9.54. The van der Waals surface area contributed by atoms with E-state index in [2.05, 4.69) is 5.32 Å². The summed E-state index contributed by atoms with van der Waals surface area (Å²) in [6.07, 6.45) is 0. The first kappa shape index (κ1) is 13.1. The van der Waals surface area contributed by atoms with Crippen LogP contribution in [0.1, 0.15) is 5.56 Å². The minimum absolute atomic E-state index is 0.0450. The number of nitrogens with zero attached hydrogens (tertiary/aromatic N) is 2. The molecule has 2 amide bonds. The van der Waals surface area contributed by atoms with Crippen molar-refractivity contribution in [3.8, 4) is 5.75 Å². The maximum Gasteiger partial charge on any atom is 0.317 e. The second-order valence-electron chi connectivity index (χ2n) is 5.18. The lowest BCUT2D eigenvalue weighted by molar-refractivity contribution is 0.116. The fourth-order valence-electron chi connectivity index (χ4n) is 2.78. The van der Waals surface area contributed by atoms with Gasteiger partial charge in [-0.05, 0) is 17.7 Å². The van der Waals surface area contributed by atoms with Crippen LogP contribution < -0.4 is 5.32 Å². The van der Waals surface area contributed by atoms with Crippen molar-refractivity contribution < 1.29 is 18.7 Å². The number of rotatable bonds is 2. The van der Waals surface area contributed by atoms with Gasteiger partial charge in [-0.1, -0.05) is 0 Å². The van der Waals surface area contributed by atoms with Gasteiger partial charge in [0.2, 0.25) is 0 Å². The molecule has 108 valence electrons. The lowest BCUT2D eigenvalue weighted by Gasteiger charge is -2.36. The molecule has 0 bridgehead atoms. The highest BCUT2D eigenvalue weighted by Crippen LogP contribution is 2.23. The molecule has 2 N–H and O–H groups in total. The molecule has 0 radical (unpaired) electrons. The Kier molecular flexibility index (Phi) is 3.21. The van der Waals surface area contributed by atoms with Crippen molar-refractivity contribution in [2.75, 3.05) is 26.2 Å². The highest BCUT2D eigenvalue weighted by atomic mass is 19.1. The number of aromatic hydroxyl groups is 1. The fraction of sp³-hybridized carbons (Fsp3) is 0.462. The van der Waals surface area contributed by atoms with Crippen molar-refractivity contribution in [3.05, 3.63) is 29.3 Å². The smallest absolute Gasteiger partial charge is 0.317 e. The predicted molar refractivity (Wildman–Crippen MR) is 67.2 cm³/mol. The summed E-state index contributed by atoms with van der Waals surface area (Å²) in [5.41, 5.74) is 0.475. The van der Waals surface area contributed by atoms with Gasteiger partial charge in [0, 0.05) is 32.7 Å². The Morgan fingerprint density at radius 3 is 2.70 bits per heavy atom. The molecule has 1 aromatic rings. The van der Waals surface area contributed by atoms with E-state index in [1.165, 1.54) is 0 Å². The molecule has 2 saturated heterocycles. The van der Waals surface area contributed by atoms with E-state index in [9.17, 15) is 13.6 Å². The number of carbonyl (C=O) groups is 1. The summed E-state index contributed by atoms with van der Waals surface area (Å²) in [7, 11) is 0. The number of carbonyl (C=O) groups excluding carboxylic acids is 1. The number of phenols is 1. The summed E-state index contributed by atoms with van der Waals surface area (Å²) < 4.78 is 26.6. The number of hydrogen-bond acceptors (Lipinski definition) is 3. The van der Waals surface area contributed by atoms with E-state index in [-0.39, 0.29) is 12.1 Å². The van der Waals surface area contributed by atoms with Crippen LogP contribution in [0.15, 0.2) is 12.1 Å². The number of urea groups is 1. The molecule has 0 aliphatic carbocycles. The number of amides is 2. The van der Waals surface area contributed by atoms with E-state index in [4.69, 9.17) is 5.11 Å². The van der Waals surface area contributed by atoms with Gasteiger partial charge >= 0.3 is 6.03 Å². The topological polar surface area (TPSA) is 55.8 Å². The van der Waals surface area contributed by atoms with Gasteiger partial charge in [-0.15, -0.1) is 0 Å². The molecule has 2 aliphatic heterocycles. The number of halogens is 2. The quantitative estimate of drug-likeness (QED) is 0.847. The van der Waals surface area contributed by atoms with E-state index in [0.717, 1.165) is 12.1 Å². The summed E-state index contributed by atoms with van der Waals surface area (Å²) in [5, 5.41) is 11.9. The van der Waals surface area contributed by atoms with Crippen LogP contribution in [0.2, 0.25) is 0 Å². The van der Waals surface area contributed by atoms with Crippen LogP contribution in [0.4, 0.5) is 13.6 Å². The zero-order valence-electron chi connectivity index (χ0n) is 10.8. The van der Waals surface area contributed by atoms with E-state index in [1.54, 1.807) is 4.90 Å². The Balaban J connectivity index is 1.69. The monoisotopic (exact) mass is 283 g/mol. The molecule has 0 spiro atoms. The Morgan fingerprint density at radius 2 is 2.00 bits per heavy atom. The van der Waals surface area contributed by atoms with Crippen LogP contribution in [0.5, 0.6) is 5.75 Å². The maximum atomic E-state index is 13.3. The SMILES string of the molecule is O=C1NCC2CN(Cc3cc(F)c(O)c(F)c3)CCN12. The molecule has 2 aliphatic rings. The third-order valence-electron chi connectivity index (χ3n) is 3.80. The van der Waals surface area contributed by atoms with Gasteiger partial charge < -0.3 is 15.3 Å². The molecule has 3 rings (SSSR count). The molecule has 0 aromatic heterocycles. The normalized spacial score (nSPS) is 22.8. The number of piperazine rings is 1. The molecule has 1 aromatic carbocycles. The average molecular weight is 283 g/mol. The first-order valence-corrected chi connectivity index (χ1v) is 6.48. The van der Waals surface area contributed by atoms with Gasteiger partial charge in [0.05, 0.1) is 6.04 Å². The second kappa shape index (κ2) is 4.90. The third kappa shape index (κ3) is 2.29. The highest BCUT2D eigenvalue weighted by Gasteiger charge is 2.35. The highest BCUT2D eigenvalue weighted by molar-refractivity contribution is 5.77. The van der Waals surface area contributed by atoms with Gasteiger partial charge in [-0.2, -0.15) is 0 Å². The number of benzene rings is 1. The molecular weight excluding hydrogens is 268 g/mol. The number of phenolic OH excluding ortho intramolecular Hbond substituents is 1. The molecule has 7 heteroatoms. The van der Waals surface area contributed by atoms with E-state index in [1.807, 2.05) is 4.90 Å². The van der Waals surface area contributed by atoms with Crippen LogP contribution in [0.25, 0.3) is 0 Å². The van der Waals surface area contributed by atoms with Gasteiger partial charge in [-0.3, -0.25) is 4.90 Å². The van der Waals surface area contributed by atoms with E-state index >= 15 is 0 Å². The predicted octanol–water partition coefficient (Wildman–Crippen LogP) is 0.880. The van der Waals surface area contributed by atoms with Crippen LogP contribution >= 0.6 is 0 Å². The molecule has 2 heterocycles. The first-order valence-electron chi connectivity index (χ1n) is 6.48. The zero-order chi connectivity index (χ0) is 14.3. The zero-order valence-corrected chi connectivity index (χ0v) is 10.8. The Hall–Kier alpha value is -1.89. The summed E-state index contributed by atoms with van der Waals surface area (Å²) in [4.78, 5) is 15.3. The minimum Gasteiger partial charge on any atom is -0.503 e. The van der Waals surface area contributed by atoms with E-state index < -0.39 is 17.4 Å². The average Bonchev–Trinajstić information content (AvgIpc) is 2.77. The molecule has 0 saturated carbocycles.